The molecule has 2 N–H and O–H groups in total. The first-order valence-corrected chi connectivity index (χ1v) is 18.7. The van der Waals surface area contributed by atoms with Crippen LogP contribution >= 0.6 is 23.1 Å². The number of aryl methyl sites for hydroxylation is 1. The van der Waals surface area contributed by atoms with Gasteiger partial charge in [-0.25, -0.2) is 4.98 Å². The molecule has 49 heavy (non-hydrogen) atoms. The van der Waals surface area contributed by atoms with Crippen molar-refractivity contribution in [2.45, 2.75) is 57.2 Å². The fourth-order valence-electron chi connectivity index (χ4n) is 7.03. The number of anilines is 1. The van der Waals surface area contributed by atoms with Crippen LogP contribution in [0.3, 0.4) is 0 Å². The van der Waals surface area contributed by atoms with E-state index in [1.807, 2.05) is 41.5 Å². The summed E-state index contributed by atoms with van der Waals surface area (Å²) in [5.41, 5.74) is 4.10. The van der Waals surface area contributed by atoms with Crippen molar-refractivity contribution in [2.75, 3.05) is 45.2 Å². The molecule has 0 saturated carbocycles. The lowest BCUT2D eigenvalue weighted by Gasteiger charge is -2.28. The molecular weight excluding hydrogens is 661 g/mol. The van der Waals surface area contributed by atoms with Crippen molar-refractivity contribution in [3.8, 4) is 28.4 Å². The van der Waals surface area contributed by atoms with Crippen LogP contribution in [0.25, 0.3) is 21.3 Å². The Morgan fingerprint density at radius 2 is 1.86 bits per heavy atom. The van der Waals surface area contributed by atoms with E-state index in [1.165, 1.54) is 6.92 Å². The van der Waals surface area contributed by atoms with Crippen molar-refractivity contribution in [1.29, 1.82) is 0 Å². The van der Waals surface area contributed by atoms with Crippen LogP contribution in [-0.4, -0.2) is 67.6 Å². The largest absolute Gasteiger partial charge is 0.493 e. The lowest BCUT2D eigenvalue weighted by atomic mass is 9.95. The van der Waals surface area contributed by atoms with Crippen LogP contribution in [0.2, 0.25) is 0 Å². The first-order chi connectivity index (χ1) is 23.8. The van der Waals surface area contributed by atoms with Crippen molar-refractivity contribution in [2.24, 2.45) is 0 Å². The molecule has 3 aromatic carbocycles. The average molecular weight is 703 g/mol. The van der Waals surface area contributed by atoms with E-state index in [4.69, 9.17) is 19.2 Å². The number of aromatic nitrogens is 1. The number of likely N-dealkylation sites (tertiary alicyclic amines) is 1. The molecule has 1 unspecified atom stereocenters. The Balaban J connectivity index is 1.41. The molecular formula is C37H42N4O6S2. The molecule has 1 saturated heterocycles. The number of amides is 2. The molecule has 1 aromatic heterocycles. The minimum atomic E-state index is -0.616. The van der Waals surface area contributed by atoms with E-state index < -0.39 is 12.1 Å². The standard InChI is InChI=1S/C37H42N4O6S2/c1-21(42)38-25-14-12-22-19-31(45-2)34(46-3)35(47-4)33(22)23-13-15-26(30(43)20-24(23)25)39-28(16-18-48-5)37(44)41-17-8-10-29(41)36-40-27-9-6-7-11-32(27)49-36/h6-7,9,11,13,15,19-20,25,28-29H,8,10,12,14,16-18H2,1-5H3,(H,38,42)(H,39,43)/t25-,28-,29?/m0/s1. The number of rotatable bonds is 11. The number of hydrogen-bond acceptors (Lipinski definition) is 10. The monoisotopic (exact) mass is 702 g/mol. The Morgan fingerprint density at radius 1 is 1.06 bits per heavy atom. The maximum atomic E-state index is 14.3. The minimum absolute atomic E-state index is 0.0387. The number of benzene rings is 2. The van der Waals surface area contributed by atoms with Gasteiger partial charge in [0.1, 0.15) is 11.0 Å². The highest BCUT2D eigenvalue weighted by atomic mass is 32.2. The predicted molar refractivity (Wildman–Crippen MR) is 196 cm³/mol. The molecule has 1 fully saturated rings. The number of thiazole rings is 1. The van der Waals surface area contributed by atoms with E-state index in [1.54, 1.807) is 56.6 Å². The second-order valence-corrected chi connectivity index (χ2v) is 14.3. The molecule has 0 bridgehead atoms. The van der Waals surface area contributed by atoms with E-state index in [0.29, 0.717) is 54.3 Å². The third-order valence-corrected chi connectivity index (χ3v) is 11.1. The van der Waals surface area contributed by atoms with Gasteiger partial charge in [0.15, 0.2) is 11.5 Å². The van der Waals surface area contributed by atoms with Gasteiger partial charge in [-0.05, 0) is 91.1 Å². The van der Waals surface area contributed by atoms with Gasteiger partial charge in [-0.1, -0.05) is 18.2 Å². The maximum absolute atomic E-state index is 14.3. The molecule has 6 rings (SSSR count). The summed E-state index contributed by atoms with van der Waals surface area (Å²) in [7, 11) is 4.71. The van der Waals surface area contributed by atoms with Crippen molar-refractivity contribution in [3.63, 3.8) is 0 Å². The van der Waals surface area contributed by atoms with Crippen molar-refractivity contribution >= 4 is 50.8 Å². The summed E-state index contributed by atoms with van der Waals surface area (Å²) in [4.78, 5) is 47.6. The summed E-state index contributed by atoms with van der Waals surface area (Å²) in [5.74, 6) is 1.96. The van der Waals surface area contributed by atoms with Crippen molar-refractivity contribution < 1.29 is 23.8 Å². The summed E-state index contributed by atoms with van der Waals surface area (Å²) in [6, 6.07) is 14.0. The van der Waals surface area contributed by atoms with Crippen LogP contribution in [0.15, 0.2) is 53.3 Å². The molecule has 1 aliphatic carbocycles. The van der Waals surface area contributed by atoms with Crippen LogP contribution in [0.4, 0.5) is 5.69 Å². The fourth-order valence-corrected chi connectivity index (χ4v) is 8.61. The number of thioether (sulfide) groups is 1. The van der Waals surface area contributed by atoms with Crippen LogP contribution in [0, 0.1) is 0 Å². The first kappa shape index (κ1) is 34.6. The zero-order valence-electron chi connectivity index (χ0n) is 28.5. The summed E-state index contributed by atoms with van der Waals surface area (Å²) < 4.78 is 18.4. The van der Waals surface area contributed by atoms with Gasteiger partial charge in [-0.3, -0.25) is 14.4 Å². The highest BCUT2D eigenvalue weighted by molar-refractivity contribution is 7.98. The quantitative estimate of drug-likeness (QED) is 0.184. The van der Waals surface area contributed by atoms with Gasteiger partial charge in [0, 0.05) is 19.0 Å². The molecule has 0 radical (unpaired) electrons. The molecule has 10 nitrogen and oxygen atoms in total. The second-order valence-electron chi connectivity index (χ2n) is 12.3. The third-order valence-electron chi connectivity index (χ3n) is 9.29. The Morgan fingerprint density at radius 3 is 2.57 bits per heavy atom. The van der Waals surface area contributed by atoms with Gasteiger partial charge in [-0.2, -0.15) is 11.8 Å². The maximum Gasteiger partial charge on any atom is 0.245 e. The molecule has 4 aromatic rings. The van der Waals surface area contributed by atoms with E-state index in [0.717, 1.165) is 50.5 Å². The van der Waals surface area contributed by atoms with E-state index in [9.17, 15) is 14.4 Å². The highest BCUT2D eigenvalue weighted by Gasteiger charge is 2.36. The Bertz CT molecular complexity index is 1900. The minimum Gasteiger partial charge on any atom is -0.493 e. The summed E-state index contributed by atoms with van der Waals surface area (Å²) in [6.45, 7) is 2.11. The van der Waals surface area contributed by atoms with Crippen LogP contribution in [0.5, 0.6) is 17.2 Å². The van der Waals surface area contributed by atoms with Crippen LogP contribution in [-0.2, 0) is 16.0 Å². The van der Waals surface area contributed by atoms with Crippen LogP contribution in [0.1, 0.15) is 60.8 Å². The zero-order chi connectivity index (χ0) is 34.7. The van der Waals surface area contributed by atoms with Gasteiger partial charge < -0.3 is 29.7 Å². The summed E-state index contributed by atoms with van der Waals surface area (Å²) >= 11 is 3.30. The number of nitrogens with one attached hydrogen (secondary N) is 2. The first-order valence-electron chi connectivity index (χ1n) is 16.5. The van der Waals surface area contributed by atoms with Gasteiger partial charge >= 0.3 is 0 Å². The van der Waals surface area contributed by atoms with Gasteiger partial charge in [-0.15, -0.1) is 11.3 Å². The van der Waals surface area contributed by atoms with Gasteiger partial charge in [0.2, 0.25) is 23.0 Å². The topological polar surface area (TPSA) is 119 Å². The third kappa shape index (κ3) is 6.94. The molecule has 258 valence electrons. The molecule has 12 heteroatoms. The van der Waals surface area contributed by atoms with Crippen LogP contribution < -0.4 is 30.3 Å². The number of hydrogen-bond donors (Lipinski definition) is 2. The van der Waals surface area contributed by atoms with Crippen molar-refractivity contribution in [1.82, 2.24) is 15.2 Å². The van der Waals surface area contributed by atoms with Crippen molar-refractivity contribution in [3.05, 3.63) is 74.9 Å². The Labute approximate surface area is 294 Å². The highest BCUT2D eigenvalue weighted by Crippen LogP contribution is 2.50. The van der Waals surface area contributed by atoms with E-state index >= 15 is 0 Å². The molecule has 3 atom stereocenters. The molecule has 1 aliphatic heterocycles. The number of nitrogens with zero attached hydrogens (tertiary/aromatic N) is 2. The van der Waals surface area contributed by atoms with Gasteiger partial charge in [0.05, 0.1) is 49.3 Å². The second kappa shape index (κ2) is 15.1. The smallest absolute Gasteiger partial charge is 0.245 e. The molecule has 0 spiro atoms. The SMILES string of the molecule is COc1cc2c(c(OC)c1OC)-c1ccc(N[C@@H](CCSC)C(=O)N3CCCC3c3nc4ccccc4s3)c(=O)cc1[C@@H](NC(C)=O)CC2. The zero-order valence-corrected chi connectivity index (χ0v) is 30.1. The Kier molecular flexibility index (Phi) is 10.6. The molecule has 2 heterocycles. The summed E-state index contributed by atoms with van der Waals surface area (Å²) in [6.07, 6.45) is 5.45. The molecule has 2 amide bonds. The fraction of sp³-hybridized carbons (Fsp3) is 0.405. The average Bonchev–Trinajstić information content (AvgIpc) is 3.70. The Hall–Kier alpha value is -4.29. The number of fused-ring (bicyclic) bond motifs is 4. The lowest BCUT2D eigenvalue weighted by Crippen LogP contribution is -2.43. The number of methoxy groups -OCH3 is 3. The lowest BCUT2D eigenvalue weighted by molar-refractivity contribution is -0.133. The number of carbonyl (C=O) groups excluding carboxylic acids is 2. The van der Waals surface area contributed by atoms with E-state index in [2.05, 4.69) is 16.7 Å². The normalized spacial score (nSPS) is 17.4. The predicted octanol–water partition coefficient (Wildman–Crippen LogP) is 6.37. The van der Waals surface area contributed by atoms with Gasteiger partial charge in [0.25, 0.3) is 0 Å². The number of ether oxygens (including phenoxy) is 3. The van der Waals surface area contributed by atoms with E-state index in [-0.39, 0.29) is 23.3 Å². The summed E-state index contributed by atoms with van der Waals surface area (Å²) in [5, 5.41) is 7.36. The molecule has 2 aliphatic rings. The number of para-hydroxylation sites is 1. The number of carbonyl (C=O) groups is 2.